The summed E-state index contributed by atoms with van der Waals surface area (Å²) < 4.78 is 10.4. The van der Waals surface area contributed by atoms with Gasteiger partial charge in [0.2, 0.25) is 5.91 Å². The van der Waals surface area contributed by atoms with Gasteiger partial charge in [0.05, 0.1) is 6.61 Å². The van der Waals surface area contributed by atoms with Crippen molar-refractivity contribution in [1.29, 1.82) is 0 Å². The first-order valence-electron chi connectivity index (χ1n) is 6.97. The van der Waals surface area contributed by atoms with Crippen molar-refractivity contribution in [2.75, 3.05) is 25.6 Å². The van der Waals surface area contributed by atoms with Gasteiger partial charge in [0.1, 0.15) is 12.4 Å². The van der Waals surface area contributed by atoms with Gasteiger partial charge in [-0.1, -0.05) is 0 Å². The van der Waals surface area contributed by atoms with Crippen LogP contribution in [0.1, 0.15) is 19.3 Å². The number of rotatable bonds is 6. The fraction of sp³-hybridized carbons (Fsp3) is 0.533. The molecule has 0 spiro atoms. The van der Waals surface area contributed by atoms with Gasteiger partial charge in [0, 0.05) is 24.8 Å². The minimum absolute atomic E-state index is 0.0441. The van der Waals surface area contributed by atoms with Gasteiger partial charge in [0.25, 0.3) is 0 Å². The van der Waals surface area contributed by atoms with Crippen molar-refractivity contribution in [2.45, 2.75) is 25.3 Å². The van der Waals surface area contributed by atoms with E-state index in [0.29, 0.717) is 13.2 Å². The van der Waals surface area contributed by atoms with Crippen LogP contribution in [-0.4, -0.2) is 32.3 Å². The van der Waals surface area contributed by atoms with Crippen LogP contribution in [0.15, 0.2) is 24.3 Å². The highest BCUT2D eigenvalue weighted by Crippen LogP contribution is 2.25. The summed E-state index contributed by atoms with van der Waals surface area (Å²) in [4.78, 5) is 12.0. The normalized spacial score (nSPS) is 21.7. The van der Waals surface area contributed by atoms with Gasteiger partial charge in [-0.15, -0.1) is 0 Å². The molecule has 0 heterocycles. The number of ether oxygens (including phenoxy) is 2. The van der Waals surface area contributed by atoms with Gasteiger partial charge in [-0.05, 0) is 43.5 Å². The Morgan fingerprint density at radius 1 is 1.30 bits per heavy atom. The lowest BCUT2D eigenvalue weighted by atomic mass is 10.1. The lowest BCUT2D eigenvalue weighted by Crippen LogP contribution is -2.23. The number of nitrogens with two attached hydrogens (primary N) is 1. The Hall–Kier alpha value is -1.59. The fourth-order valence-corrected chi connectivity index (χ4v) is 2.38. The Kier molecular flexibility index (Phi) is 5.38. The molecule has 110 valence electrons. The minimum Gasteiger partial charge on any atom is -0.491 e. The van der Waals surface area contributed by atoms with E-state index >= 15 is 0 Å². The van der Waals surface area contributed by atoms with E-state index in [-0.39, 0.29) is 17.9 Å². The summed E-state index contributed by atoms with van der Waals surface area (Å²) in [5.41, 5.74) is 6.61. The molecule has 1 fully saturated rings. The Balaban J connectivity index is 1.82. The Labute approximate surface area is 119 Å². The third kappa shape index (κ3) is 4.21. The molecule has 0 bridgehead atoms. The van der Waals surface area contributed by atoms with Crippen molar-refractivity contribution < 1.29 is 14.3 Å². The monoisotopic (exact) mass is 278 g/mol. The largest absolute Gasteiger partial charge is 0.491 e. The molecule has 1 amide bonds. The molecule has 1 aliphatic rings. The van der Waals surface area contributed by atoms with Gasteiger partial charge < -0.3 is 20.5 Å². The summed E-state index contributed by atoms with van der Waals surface area (Å²) in [6, 6.07) is 7.53. The summed E-state index contributed by atoms with van der Waals surface area (Å²) in [5.74, 6) is 0.872. The highest BCUT2D eigenvalue weighted by Gasteiger charge is 2.27. The Morgan fingerprint density at radius 2 is 2.05 bits per heavy atom. The van der Waals surface area contributed by atoms with Gasteiger partial charge in [-0.3, -0.25) is 4.79 Å². The van der Waals surface area contributed by atoms with E-state index in [1.807, 2.05) is 24.3 Å². The molecule has 1 saturated carbocycles. The summed E-state index contributed by atoms with van der Waals surface area (Å²) in [7, 11) is 1.64. The third-order valence-corrected chi connectivity index (χ3v) is 3.52. The predicted octanol–water partition coefficient (Wildman–Crippen LogP) is 1.78. The molecule has 5 heteroatoms. The van der Waals surface area contributed by atoms with Gasteiger partial charge >= 0.3 is 0 Å². The summed E-state index contributed by atoms with van der Waals surface area (Å²) in [6.45, 7) is 1.07. The topological polar surface area (TPSA) is 73.6 Å². The van der Waals surface area contributed by atoms with Crippen molar-refractivity contribution in [2.24, 2.45) is 11.7 Å². The Bertz CT molecular complexity index is 433. The predicted molar refractivity (Wildman–Crippen MR) is 77.8 cm³/mol. The first-order chi connectivity index (χ1) is 9.69. The van der Waals surface area contributed by atoms with Crippen LogP contribution in [0.3, 0.4) is 0 Å². The lowest BCUT2D eigenvalue weighted by Gasteiger charge is -2.11. The molecular weight excluding hydrogens is 256 g/mol. The van der Waals surface area contributed by atoms with Crippen LogP contribution >= 0.6 is 0 Å². The van der Waals surface area contributed by atoms with Crippen molar-refractivity contribution in [3.8, 4) is 5.75 Å². The second kappa shape index (κ2) is 7.26. The van der Waals surface area contributed by atoms with Crippen LogP contribution in [0.5, 0.6) is 5.75 Å². The zero-order chi connectivity index (χ0) is 14.4. The standard InChI is InChI=1S/C15H22N2O3/c1-19-8-9-20-14-6-4-13(5-7-14)17-15(18)11-2-3-12(16)10-11/h4-7,11-12H,2-3,8-10,16H2,1H3,(H,17,18). The quantitative estimate of drug-likeness (QED) is 0.778. The first-order valence-corrected chi connectivity index (χ1v) is 6.97. The molecule has 0 aromatic heterocycles. The number of amides is 1. The van der Waals surface area contributed by atoms with Gasteiger partial charge in [-0.25, -0.2) is 0 Å². The molecular formula is C15H22N2O3. The molecule has 2 unspecified atom stereocenters. The smallest absolute Gasteiger partial charge is 0.227 e. The number of nitrogens with one attached hydrogen (secondary N) is 1. The molecule has 0 saturated heterocycles. The molecule has 2 rings (SSSR count). The van der Waals surface area contributed by atoms with Crippen molar-refractivity contribution in [3.63, 3.8) is 0 Å². The average molecular weight is 278 g/mol. The number of carbonyl (C=O) groups excluding carboxylic acids is 1. The summed E-state index contributed by atoms with van der Waals surface area (Å²) in [5, 5.41) is 2.92. The number of hydrogen-bond acceptors (Lipinski definition) is 4. The molecule has 1 aromatic rings. The Morgan fingerprint density at radius 3 is 2.65 bits per heavy atom. The van der Waals surface area contributed by atoms with Gasteiger partial charge in [0.15, 0.2) is 0 Å². The van der Waals surface area contributed by atoms with Crippen LogP contribution in [0.4, 0.5) is 5.69 Å². The van der Waals surface area contributed by atoms with Gasteiger partial charge in [-0.2, -0.15) is 0 Å². The SMILES string of the molecule is COCCOc1ccc(NC(=O)C2CCC(N)C2)cc1. The van der Waals surface area contributed by atoms with E-state index in [0.717, 1.165) is 30.7 Å². The van der Waals surface area contributed by atoms with E-state index in [1.165, 1.54) is 0 Å². The van der Waals surface area contributed by atoms with Crippen molar-refractivity contribution in [3.05, 3.63) is 24.3 Å². The minimum atomic E-state index is 0.0441. The van der Waals surface area contributed by atoms with Crippen molar-refractivity contribution in [1.82, 2.24) is 0 Å². The molecule has 1 aromatic carbocycles. The maximum Gasteiger partial charge on any atom is 0.227 e. The second-order valence-electron chi connectivity index (χ2n) is 5.12. The first kappa shape index (κ1) is 14.8. The number of hydrogen-bond donors (Lipinski definition) is 2. The van der Waals surface area contributed by atoms with Crippen LogP contribution in [0.25, 0.3) is 0 Å². The van der Waals surface area contributed by atoms with Crippen LogP contribution in [0.2, 0.25) is 0 Å². The zero-order valence-corrected chi connectivity index (χ0v) is 11.8. The number of methoxy groups -OCH3 is 1. The molecule has 1 aliphatic carbocycles. The number of anilines is 1. The molecule has 0 radical (unpaired) electrons. The molecule has 20 heavy (non-hydrogen) atoms. The molecule has 5 nitrogen and oxygen atoms in total. The number of benzene rings is 1. The van der Waals surface area contributed by atoms with E-state index in [9.17, 15) is 4.79 Å². The van der Waals surface area contributed by atoms with Crippen LogP contribution in [-0.2, 0) is 9.53 Å². The number of carbonyl (C=O) groups is 1. The molecule has 0 aliphatic heterocycles. The van der Waals surface area contributed by atoms with E-state index in [2.05, 4.69) is 5.32 Å². The summed E-state index contributed by atoms with van der Waals surface area (Å²) in [6.07, 6.45) is 2.60. The van der Waals surface area contributed by atoms with Crippen LogP contribution in [0, 0.1) is 5.92 Å². The van der Waals surface area contributed by atoms with Crippen LogP contribution < -0.4 is 15.8 Å². The van der Waals surface area contributed by atoms with E-state index in [1.54, 1.807) is 7.11 Å². The highest BCUT2D eigenvalue weighted by molar-refractivity contribution is 5.92. The fourth-order valence-electron chi connectivity index (χ4n) is 2.38. The lowest BCUT2D eigenvalue weighted by molar-refractivity contribution is -0.119. The van der Waals surface area contributed by atoms with Crippen molar-refractivity contribution >= 4 is 11.6 Å². The second-order valence-corrected chi connectivity index (χ2v) is 5.12. The third-order valence-electron chi connectivity index (χ3n) is 3.52. The molecule has 2 atom stereocenters. The summed E-state index contributed by atoms with van der Waals surface area (Å²) >= 11 is 0. The maximum absolute atomic E-state index is 12.0. The average Bonchev–Trinajstić information content (AvgIpc) is 2.88. The maximum atomic E-state index is 12.0. The van der Waals surface area contributed by atoms with E-state index in [4.69, 9.17) is 15.2 Å². The zero-order valence-electron chi connectivity index (χ0n) is 11.8. The highest BCUT2D eigenvalue weighted by atomic mass is 16.5. The van der Waals surface area contributed by atoms with E-state index < -0.39 is 0 Å². The molecule has 3 N–H and O–H groups in total.